The number of nitriles is 1. The molecule has 0 radical (unpaired) electrons. The predicted molar refractivity (Wildman–Crippen MR) is 224 cm³/mol. The van der Waals surface area contributed by atoms with E-state index < -0.39 is 0 Å². The number of nitrogens with zero attached hydrogens (tertiary/aromatic N) is 3. The van der Waals surface area contributed by atoms with E-state index >= 15 is 0 Å². The molecule has 9 rings (SSSR count). The van der Waals surface area contributed by atoms with E-state index in [2.05, 4.69) is 28.6 Å². The van der Waals surface area contributed by atoms with Gasteiger partial charge in [-0.15, -0.1) is 0 Å². The highest BCUT2D eigenvalue weighted by Crippen LogP contribution is 2.29. The van der Waals surface area contributed by atoms with Crippen LogP contribution in [0.4, 0.5) is 11.4 Å². The summed E-state index contributed by atoms with van der Waals surface area (Å²) in [6, 6.07) is 41.5. The molecule has 6 aromatic carbocycles. The fourth-order valence-corrected chi connectivity index (χ4v) is 6.67. The highest BCUT2D eigenvalue weighted by Gasteiger charge is 2.25. The lowest BCUT2D eigenvalue weighted by molar-refractivity contribution is 0.333. The lowest BCUT2D eigenvalue weighted by Crippen LogP contribution is -2.23. The Bertz CT molecular complexity index is 2530. The van der Waals surface area contributed by atoms with Gasteiger partial charge in [-0.2, -0.15) is 5.26 Å². The average Bonchev–Trinajstić information content (AvgIpc) is 3.93. The van der Waals surface area contributed by atoms with Gasteiger partial charge in [-0.25, -0.2) is 9.69 Å². The summed E-state index contributed by atoms with van der Waals surface area (Å²) in [5.74, 6) is 4.31. The van der Waals surface area contributed by atoms with Crippen molar-refractivity contribution >= 4 is 48.5 Å². The lowest BCUT2D eigenvalue weighted by Gasteiger charge is -2.08. The highest BCUT2D eigenvalue weighted by atomic mass is 16.5. The number of benzene rings is 6. The molecule has 0 amide bonds. The number of hydrogen-bond acceptors (Lipinski definition) is 7. The molecule has 3 heterocycles. The summed E-state index contributed by atoms with van der Waals surface area (Å²) in [4.78, 5) is 6.74. The Morgan fingerprint density at radius 2 is 0.965 bits per heavy atom. The van der Waals surface area contributed by atoms with Gasteiger partial charge in [0, 0.05) is 0 Å². The molecule has 0 aliphatic carbocycles. The lowest BCUT2D eigenvalue weighted by atomic mass is 9.64. The highest BCUT2D eigenvalue weighted by molar-refractivity contribution is 6.68. The van der Waals surface area contributed by atoms with E-state index in [1.165, 1.54) is 27.5 Å². The van der Waals surface area contributed by atoms with Crippen LogP contribution >= 0.6 is 0 Å². The van der Waals surface area contributed by atoms with Crippen LogP contribution < -0.4 is 30.6 Å². The molecule has 0 atom stereocenters. The van der Waals surface area contributed by atoms with Crippen molar-refractivity contribution in [2.75, 3.05) is 0 Å². The molecule has 3 aliphatic heterocycles. The van der Waals surface area contributed by atoms with Gasteiger partial charge in [0.2, 0.25) is 0 Å². The minimum absolute atomic E-state index is 0.149. The van der Waals surface area contributed by atoms with Gasteiger partial charge in [0.05, 0.1) is 38.5 Å². The minimum Gasteiger partial charge on any atom is -0.459 e. The van der Waals surface area contributed by atoms with Crippen molar-refractivity contribution in [3.63, 3.8) is 0 Å². The topological polar surface area (TPSA) is 87.9 Å². The van der Waals surface area contributed by atoms with Gasteiger partial charge in [0.1, 0.15) is 40.6 Å². The first kappa shape index (κ1) is 38.5. The van der Waals surface area contributed by atoms with Crippen LogP contribution in [-0.2, 0) is 33.8 Å². The predicted octanol–water partition coefficient (Wildman–Crippen LogP) is 9.49. The first-order valence-electron chi connectivity index (χ1n) is 18.5. The summed E-state index contributed by atoms with van der Waals surface area (Å²) in [5.41, 5.74) is 8.90. The molecule has 57 heavy (non-hydrogen) atoms. The maximum atomic E-state index is 9.04. The van der Waals surface area contributed by atoms with E-state index in [4.69, 9.17) is 46.6 Å². The zero-order chi connectivity index (χ0) is 39.7. The molecule has 0 spiro atoms. The summed E-state index contributed by atoms with van der Waals surface area (Å²) in [6.45, 7) is 22.4. The SMILES string of the molecule is CB1OCc2cc(Oc3ccccc3C#N)ccc21.[C-]#[N+]c1ccc(Oc2ccc3c(c2)COB3C)cc1.[C-]#[N+]c1cccc(Oc2ccc3c(c2)COB3C)c1. The van der Waals surface area contributed by atoms with E-state index in [1.807, 2.05) is 86.4 Å². The van der Waals surface area contributed by atoms with E-state index in [0.717, 1.165) is 28.6 Å². The van der Waals surface area contributed by atoms with Gasteiger partial charge < -0.3 is 28.2 Å². The Morgan fingerprint density at radius 3 is 1.47 bits per heavy atom. The average molecular weight is 747 g/mol. The van der Waals surface area contributed by atoms with Crippen LogP contribution in [-0.4, -0.2) is 20.7 Å². The van der Waals surface area contributed by atoms with Crippen LogP contribution in [0, 0.1) is 24.5 Å². The van der Waals surface area contributed by atoms with Crippen LogP contribution in [0.25, 0.3) is 9.69 Å². The second-order valence-electron chi connectivity index (χ2n) is 13.6. The Labute approximate surface area is 334 Å². The van der Waals surface area contributed by atoms with Gasteiger partial charge in [-0.05, 0) is 106 Å². The molecule has 0 fully saturated rings. The van der Waals surface area contributed by atoms with Gasteiger partial charge in [-0.3, -0.25) is 0 Å². The maximum Gasteiger partial charge on any atom is 0.324 e. The van der Waals surface area contributed by atoms with Crippen molar-refractivity contribution in [1.29, 1.82) is 5.26 Å². The first-order chi connectivity index (χ1) is 27.8. The third kappa shape index (κ3) is 9.39. The fraction of sp³-hybridized carbons (Fsp3) is 0.133. The summed E-state index contributed by atoms with van der Waals surface area (Å²) in [5, 5.41) is 9.04. The molecule has 9 nitrogen and oxygen atoms in total. The van der Waals surface area contributed by atoms with Crippen molar-refractivity contribution < 1.29 is 28.2 Å². The zero-order valence-corrected chi connectivity index (χ0v) is 31.8. The van der Waals surface area contributed by atoms with Crippen molar-refractivity contribution in [2.24, 2.45) is 0 Å². The van der Waals surface area contributed by atoms with Gasteiger partial charge in [-0.1, -0.05) is 75.1 Å². The van der Waals surface area contributed by atoms with Crippen molar-refractivity contribution in [1.82, 2.24) is 0 Å². The fourth-order valence-electron chi connectivity index (χ4n) is 6.67. The smallest absolute Gasteiger partial charge is 0.324 e. The van der Waals surface area contributed by atoms with Crippen molar-refractivity contribution in [3.8, 4) is 40.6 Å². The monoisotopic (exact) mass is 747 g/mol. The Kier molecular flexibility index (Phi) is 12.0. The number of fused-ring (bicyclic) bond motifs is 3. The second-order valence-corrected chi connectivity index (χ2v) is 13.6. The van der Waals surface area contributed by atoms with E-state index in [-0.39, 0.29) is 20.7 Å². The Hall–Kier alpha value is -6.74. The molecule has 0 unspecified atom stereocenters. The van der Waals surface area contributed by atoms with Gasteiger partial charge >= 0.3 is 20.7 Å². The summed E-state index contributed by atoms with van der Waals surface area (Å²) in [6.07, 6.45) is 0. The molecule has 0 saturated heterocycles. The second kappa shape index (κ2) is 17.8. The number of para-hydroxylation sites is 1. The molecular weight excluding hydrogens is 711 g/mol. The standard InChI is InChI=1S/3C15H12BNO2/c1-16-15-8-7-14(9-11(15)10-18-16)19-13-5-3-12(17-2)4-6-13;1-16-15-7-6-14(8-11(15)10-18-16)19-13-5-3-4-12(9-13)17-2;1-16-14-7-6-13(8-12(14)10-18-16)19-15-5-3-2-4-11(15)9-17/h2*3-9H,10H2,1H3;2-8H,10H2,1H3. The van der Waals surface area contributed by atoms with Crippen molar-refractivity contribution in [2.45, 2.75) is 40.3 Å². The molecule has 0 aromatic heterocycles. The van der Waals surface area contributed by atoms with Gasteiger partial charge in [0.15, 0.2) is 11.4 Å². The molecular formula is C45H36B3N3O6. The van der Waals surface area contributed by atoms with E-state index in [1.54, 1.807) is 48.5 Å². The zero-order valence-electron chi connectivity index (χ0n) is 31.8. The van der Waals surface area contributed by atoms with E-state index in [0.29, 0.717) is 48.3 Å². The number of hydrogen-bond donors (Lipinski definition) is 0. The molecule has 0 bridgehead atoms. The Morgan fingerprint density at radius 1 is 0.509 bits per heavy atom. The van der Waals surface area contributed by atoms with E-state index in [9.17, 15) is 0 Å². The van der Waals surface area contributed by atoms with Crippen LogP contribution in [0.15, 0.2) is 127 Å². The van der Waals surface area contributed by atoms with Crippen LogP contribution in [0.3, 0.4) is 0 Å². The summed E-state index contributed by atoms with van der Waals surface area (Å²) in [7, 11) is 0. The van der Waals surface area contributed by atoms with Crippen LogP contribution in [0.2, 0.25) is 20.5 Å². The third-order valence-corrected chi connectivity index (χ3v) is 9.74. The number of ether oxygens (including phenoxy) is 3. The molecule has 3 aliphatic rings. The first-order valence-corrected chi connectivity index (χ1v) is 18.5. The molecule has 0 saturated carbocycles. The van der Waals surface area contributed by atoms with Gasteiger partial charge in [0.25, 0.3) is 0 Å². The van der Waals surface area contributed by atoms with Crippen LogP contribution in [0.1, 0.15) is 22.3 Å². The van der Waals surface area contributed by atoms with Crippen molar-refractivity contribution in [3.05, 3.63) is 172 Å². The molecule has 276 valence electrons. The number of rotatable bonds is 6. The molecule has 12 heteroatoms. The normalized spacial score (nSPS) is 12.9. The third-order valence-electron chi connectivity index (χ3n) is 9.74. The Balaban J connectivity index is 0.000000131. The summed E-state index contributed by atoms with van der Waals surface area (Å²) < 4.78 is 34.1. The quantitative estimate of drug-likeness (QED) is 0.124. The van der Waals surface area contributed by atoms with Crippen LogP contribution in [0.5, 0.6) is 34.5 Å². The largest absolute Gasteiger partial charge is 0.459 e. The molecule has 0 N–H and O–H groups in total. The minimum atomic E-state index is 0.149. The molecule has 6 aromatic rings. The summed E-state index contributed by atoms with van der Waals surface area (Å²) >= 11 is 0. The maximum absolute atomic E-state index is 9.04.